The minimum Gasteiger partial charge on any atom is -0.268 e. The molecule has 0 saturated carbocycles. The first-order chi connectivity index (χ1) is 10.6. The monoisotopic (exact) mass is 294 g/mol. The minimum atomic E-state index is -0.336. The molecule has 0 radical (unpaired) electrons. The van der Waals surface area contributed by atoms with Crippen LogP contribution in [0.1, 0.15) is 11.1 Å². The molecular weight excluding hydrogens is 279 g/mol. The molecule has 1 heterocycles. The molecule has 0 bridgehead atoms. The fourth-order valence-electron chi connectivity index (χ4n) is 2.23. The van der Waals surface area contributed by atoms with Crippen LogP contribution in [0.5, 0.6) is 0 Å². The Labute approximate surface area is 127 Å². The molecule has 0 unspecified atom stereocenters. The van der Waals surface area contributed by atoms with Gasteiger partial charge in [-0.25, -0.2) is 9.07 Å². The largest absolute Gasteiger partial charge is 0.268 e. The van der Waals surface area contributed by atoms with E-state index in [1.54, 1.807) is 24.3 Å². The number of rotatable bonds is 3. The normalized spacial score (nSPS) is 10.6. The smallest absolute Gasteiger partial charge is 0.267 e. The molecule has 0 amide bonds. The van der Waals surface area contributed by atoms with Crippen LogP contribution in [0.3, 0.4) is 0 Å². The van der Waals surface area contributed by atoms with Crippen molar-refractivity contribution in [3.05, 3.63) is 88.0 Å². The molecule has 0 atom stereocenters. The fourth-order valence-corrected chi connectivity index (χ4v) is 2.23. The van der Waals surface area contributed by atoms with Gasteiger partial charge in [0.25, 0.3) is 5.56 Å². The highest BCUT2D eigenvalue weighted by molar-refractivity contribution is 5.58. The van der Waals surface area contributed by atoms with Gasteiger partial charge in [-0.2, -0.15) is 5.10 Å². The van der Waals surface area contributed by atoms with Gasteiger partial charge in [-0.1, -0.05) is 48.0 Å². The molecule has 3 aromatic rings. The van der Waals surface area contributed by atoms with Crippen molar-refractivity contribution in [1.29, 1.82) is 0 Å². The summed E-state index contributed by atoms with van der Waals surface area (Å²) in [5, 5.41) is 4.35. The first kappa shape index (κ1) is 14.2. The van der Waals surface area contributed by atoms with Gasteiger partial charge in [-0.15, -0.1) is 0 Å². The lowest BCUT2D eigenvalue weighted by atomic mass is 10.1. The van der Waals surface area contributed by atoms with Gasteiger partial charge >= 0.3 is 0 Å². The third-order valence-electron chi connectivity index (χ3n) is 3.49. The van der Waals surface area contributed by atoms with Gasteiger partial charge in [0, 0.05) is 17.2 Å². The predicted molar refractivity (Wildman–Crippen MR) is 84.2 cm³/mol. The van der Waals surface area contributed by atoms with Crippen molar-refractivity contribution >= 4 is 0 Å². The molecule has 1 aromatic heterocycles. The summed E-state index contributed by atoms with van der Waals surface area (Å²) in [4.78, 5) is 12.0. The van der Waals surface area contributed by atoms with Gasteiger partial charge in [-0.3, -0.25) is 4.79 Å². The van der Waals surface area contributed by atoms with E-state index in [2.05, 4.69) is 5.10 Å². The Morgan fingerprint density at radius 3 is 2.45 bits per heavy atom. The number of aromatic nitrogens is 2. The second kappa shape index (κ2) is 5.93. The number of hydrogen-bond donors (Lipinski definition) is 0. The van der Waals surface area contributed by atoms with Gasteiger partial charge in [0.2, 0.25) is 0 Å². The standard InChI is InChI=1S/C18H15FN2O/c1-13-6-8-14(9-7-13)17-10-11-18(22)21(20-17)12-15-4-2-3-5-16(15)19/h2-11H,12H2,1H3. The molecule has 2 aromatic carbocycles. The summed E-state index contributed by atoms with van der Waals surface area (Å²) in [7, 11) is 0. The molecular formula is C18H15FN2O. The Morgan fingerprint density at radius 1 is 1.00 bits per heavy atom. The molecule has 0 N–H and O–H groups in total. The van der Waals surface area contributed by atoms with Crippen LogP contribution in [0.15, 0.2) is 65.5 Å². The highest BCUT2D eigenvalue weighted by atomic mass is 19.1. The quantitative estimate of drug-likeness (QED) is 0.742. The summed E-state index contributed by atoms with van der Waals surface area (Å²) in [6.45, 7) is 2.13. The zero-order chi connectivity index (χ0) is 15.5. The molecule has 22 heavy (non-hydrogen) atoms. The molecule has 0 aliphatic carbocycles. The van der Waals surface area contributed by atoms with Crippen LogP contribution in [-0.4, -0.2) is 9.78 Å². The zero-order valence-corrected chi connectivity index (χ0v) is 12.2. The van der Waals surface area contributed by atoms with E-state index in [4.69, 9.17) is 0 Å². The number of benzene rings is 2. The SMILES string of the molecule is Cc1ccc(-c2ccc(=O)n(Cc3ccccc3F)n2)cc1. The van der Waals surface area contributed by atoms with Crippen LogP contribution >= 0.6 is 0 Å². The summed E-state index contributed by atoms with van der Waals surface area (Å²) in [5.74, 6) is -0.336. The Bertz CT molecular complexity index is 853. The molecule has 0 aliphatic rings. The zero-order valence-electron chi connectivity index (χ0n) is 12.2. The van der Waals surface area contributed by atoms with Crippen molar-refractivity contribution in [1.82, 2.24) is 9.78 Å². The van der Waals surface area contributed by atoms with Gasteiger partial charge in [0.1, 0.15) is 5.82 Å². The van der Waals surface area contributed by atoms with Crippen molar-refractivity contribution in [3.63, 3.8) is 0 Å². The summed E-state index contributed by atoms with van der Waals surface area (Å²) >= 11 is 0. The second-order valence-electron chi connectivity index (χ2n) is 5.17. The lowest BCUT2D eigenvalue weighted by Crippen LogP contribution is -2.23. The van der Waals surface area contributed by atoms with Gasteiger partial charge < -0.3 is 0 Å². The van der Waals surface area contributed by atoms with Crippen LogP contribution in [-0.2, 0) is 6.54 Å². The molecule has 3 rings (SSSR count). The van der Waals surface area contributed by atoms with Crippen LogP contribution in [0, 0.1) is 12.7 Å². The van der Waals surface area contributed by atoms with E-state index in [9.17, 15) is 9.18 Å². The molecule has 3 nitrogen and oxygen atoms in total. The van der Waals surface area contributed by atoms with E-state index < -0.39 is 0 Å². The summed E-state index contributed by atoms with van der Waals surface area (Å²) < 4.78 is 15.0. The van der Waals surface area contributed by atoms with E-state index in [1.165, 1.54) is 16.8 Å². The van der Waals surface area contributed by atoms with Crippen LogP contribution in [0.4, 0.5) is 4.39 Å². The Kier molecular flexibility index (Phi) is 3.83. The lowest BCUT2D eigenvalue weighted by Gasteiger charge is -2.08. The third kappa shape index (κ3) is 2.96. The van der Waals surface area contributed by atoms with E-state index in [-0.39, 0.29) is 17.9 Å². The van der Waals surface area contributed by atoms with Crippen molar-refractivity contribution in [2.45, 2.75) is 13.5 Å². The van der Waals surface area contributed by atoms with Gasteiger partial charge in [-0.05, 0) is 19.1 Å². The van der Waals surface area contributed by atoms with E-state index >= 15 is 0 Å². The highest BCUT2D eigenvalue weighted by Gasteiger charge is 2.07. The molecule has 110 valence electrons. The van der Waals surface area contributed by atoms with Crippen LogP contribution in [0.2, 0.25) is 0 Å². The van der Waals surface area contributed by atoms with Crippen molar-refractivity contribution in [2.75, 3.05) is 0 Å². The molecule has 0 spiro atoms. The summed E-state index contributed by atoms with van der Waals surface area (Å²) in [6.07, 6.45) is 0. The Balaban J connectivity index is 1.98. The van der Waals surface area contributed by atoms with Crippen LogP contribution < -0.4 is 5.56 Å². The molecule has 0 aliphatic heterocycles. The minimum absolute atomic E-state index is 0.116. The Hall–Kier alpha value is -2.75. The topological polar surface area (TPSA) is 34.9 Å². The van der Waals surface area contributed by atoms with Crippen molar-refractivity contribution in [2.24, 2.45) is 0 Å². The molecule has 0 saturated heterocycles. The maximum atomic E-state index is 13.7. The van der Waals surface area contributed by atoms with Gasteiger partial charge in [0.15, 0.2) is 0 Å². The molecule has 4 heteroatoms. The fraction of sp³-hybridized carbons (Fsp3) is 0.111. The number of nitrogens with zero attached hydrogens (tertiary/aromatic N) is 2. The second-order valence-corrected chi connectivity index (χ2v) is 5.17. The van der Waals surface area contributed by atoms with Crippen molar-refractivity contribution in [3.8, 4) is 11.3 Å². The lowest BCUT2D eigenvalue weighted by molar-refractivity contribution is 0.573. The molecule has 0 fully saturated rings. The Morgan fingerprint density at radius 2 is 1.73 bits per heavy atom. The van der Waals surface area contributed by atoms with Crippen LogP contribution in [0.25, 0.3) is 11.3 Å². The van der Waals surface area contributed by atoms with E-state index in [0.717, 1.165) is 11.1 Å². The first-order valence-corrected chi connectivity index (χ1v) is 7.02. The van der Waals surface area contributed by atoms with Crippen molar-refractivity contribution < 1.29 is 4.39 Å². The average Bonchev–Trinajstić information content (AvgIpc) is 2.52. The maximum absolute atomic E-state index is 13.7. The predicted octanol–water partition coefficient (Wildman–Crippen LogP) is 3.41. The van der Waals surface area contributed by atoms with E-state index in [1.807, 2.05) is 31.2 Å². The summed E-state index contributed by atoms with van der Waals surface area (Å²) in [5.41, 5.74) is 2.96. The maximum Gasteiger partial charge on any atom is 0.267 e. The number of halogens is 1. The van der Waals surface area contributed by atoms with Gasteiger partial charge in [0.05, 0.1) is 12.2 Å². The summed E-state index contributed by atoms with van der Waals surface area (Å²) in [6, 6.07) is 17.4. The number of hydrogen-bond acceptors (Lipinski definition) is 2. The highest BCUT2D eigenvalue weighted by Crippen LogP contribution is 2.16. The third-order valence-corrected chi connectivity index (χ3v) is 3.49. The number of aryl methyl sites for hydroxylation is 1. The average molecular weight is 294 g/mol. The first-order valence-electron chi connectivity index (χ1n) is 7.02. The van der Waals surface area contributed by atoms with E-state index in [0.29, 0.717) is 11.3 Å².